The van der Waals surface area contributed by atoms with Gasteiger partial charge in [-0.1, -0.05) is 30.3 Å². The SMILES string of the molecule is CS(=O)(=O)c1cncc(-c2ccccc2)n1. The van der Waals surface area contributed by atoms with Crippen molar-refractivity contribution in [2.24, 2.45) is 0 Å². The molecule has 0 bridgehead atoms. The highest BCUT2D eigenvalue weighted by molar-refractivity contribution is 7.90. The third-order valence-electron chi connectivity index (χ3n) is 2.06. The summed E-state index contributed by atoms with van der Waals surface area (Å²) in [6.45, 7) is 0. The van der Waals surface area contributed by atoms with Crippen LogP contribution in [0.1, 0.15) is 0 Å². The van der Waals surface area contributed by atoms with E-state index in [2.05, 4.69) is 9.97 Å². The van der Waals surface area contributed by atoms with Gasteiger partial charge in [0.1, 0.15) is 0 Å². The first-order valence-corrected chi connectivity index (χ1v) is 6.54. The van der Waals surface area contributed by atoms with Crippen LogP contribution >= 0.6 is 0 Å². The van der Waals surface area contributed by atoms with E-state index in [1.165, 1.54) is 6.20 Å². The van der Waals surface area contributed by atoms with E-state index in [1.807, 2.05) is 30.3 Å². The number of aromatic nitrogens is 2. The standard InChI is InChI=1S/C11H10N2O2S/c1-16(14,15)11-8-12-7-10(13-11)9-5-3-2-4-6-9/h2-8H,1H3. The van der Waals surface area contributed by atoms with Gasteiger partial charge in [-0.25, -0.2) is 13.4 Å². The first-order chi connectivity index (χ1) is 7.57. The molecule has 0 aliphatic rings. The average molecular weight is 234 g/mol. The van der Waals surface area contributed by atoms with Crippen LogP contribution in [0.4, 0.5) is 0 Å². The van der Waals surface area contributed by atoms with E-state index in [0.29, 0.717) is 5.69 Å². The smallest absolute Gasteiger partial charge is 0.194 e. The van der Waals surface area contributed by atoms with Crippen molar-refractivity contribution in [3.63, 3.8) is 0 Å². The maximum atomic E-state index is 11.3. The summed E-state index contributed by atoms with van der Waals surface area (Å²) in [7, 11) is -3.31. The molecule has 0 atom stereocenters. The molecule has 0 fully saturated rings. The quantitative estimate of drug-likeness (QED) is 0.791. The van der Waals surface area contributed by atoms with Gasteiger partial charge in [0.05, 0.1) is 18.1 Å². The maximum absolute atomic E-state index is 11.3. The van der Waals surface area contributed by atoms with Gasteiger partial charge < -0.3 is 0 Å². The Morgan fingerprint density at radius 3 is 2.38 bits per heavy atom. The van der Waals surface area contributed by atoms with Crippen molar-refractivity contribution in [1.82, 2.24) is 9.97 Å². The van der Waals surface area contributed by atoms with Gasteiger partial charge in [0, 0.05) is 11.8 Å². The molecule has 0 aliphatic heterocycles. The molecule has 5 heteroatoms. The molecule has 4 nitrogen and oxygen atoms in total. The zero-order valence-corrected chi connectivity index (χ0v) is 9.48. The van der Waals surface area contributed by atoms with Crippen LogP contribution in [0.5, 0.6) is 0 Å². The summed E-state index contributed by atoms with van der Waals surface area (Å²) in [5.74, 6) is 0. The number of nitrogens with zero attached hydrogens (tertiary/aromatic N) is 2. The summed E-state index contributed by atoms with van der Waals surface area (Å²) in [5, 5.41) is -0.00569. The fraction of sp³-hybridized carbons (Fsp3) is 0.0909. The number of hydrogen-bond donors (Lipinski definition) is 0. The first kappa shape index (κ1) is 10.8. The van der Waals surface area contributed by atoms with E-state index in [0.717, 1.165) is 11.8 Å². The van der Waals surface area contributed by atoms with Crippen LogP contribution in [0.25, 0.3) is 11.3 Å². The van der Waals surface area contributed by atoms with Crippen molar-refractivity contribution in [3.8, 4) is 11.3 Å². The van der Waals surface area contributed by atoms with E-state index in [4.69, 9.17) is 0 Å². The Labute approximate surface area is 93.9 Å². The van der Waals surface area contributed by atoms with E-state index >= 15 is 0 Å². The molecule has 1 heterocycles. The van der Waals surface area contributed by atoms with Gasteiger partial charge in [-0.15, -0.1) is 0 Å². The zero-order valence-electron chi connectivity index (χ0n) is 8.66. The fourth-order valence-corrected chi connectivity index (χ4v) is 1.79. The van der Waals surface area contributed by atoms with E-state index in [-0.39, 0.29) is 5.03 Å². The summed E-state index contributed by atoms with van der Waals surface area (Å²) in [6.07, 6.45) is 3.91. The highest BCUT2D eigenvalue weighted by Crippen LogP contribution is 2.16. The number of rotatable bonds is 2. The molecule has 0 unspecified atom stereocenters. The van der Waals surface area contributed by atoms with Crippen LogP contribution < -0.4 is 0 Å². The monoisotopic (exact) mass is 234 g/mol. The average Bonchev–Trinajstić information content (AvgIpc) is 2.29. The van der Waals surface area contributed by atoms with Crippen LogP contribution in [0.15, 0.2) is 47.8 Å². The summed E-state index contributed by atoms with van der Waals surface area (Å²) < 4.78 is 22.6. The van der Waals surface area contributed by atoms with Crippen LogP contribution in [-0.4, -0.2) is 24.6 Å². The predicted octanol–water partition coefficient (Wildman–Crippen LogP) is 1.55. The maximum Gasteiger partial charge on any atom is 0.194 e. The van der Waals surface area contributed by atoms with Gasteiger partial charge >= 0.3 is 0 Å². The number of hydrogen-bond acceptors (Lipinski definition) is 4. The molecule has 0 aliphatic carbocycles. The van der Waals surface area contributed by atoms with Gasteiger partial charge in [-0.05, 0) is 0 Å². The van der Waals surface area contributed by atoms with Gasteiger partial charge in [-0.3, -0.25) is 4.98 Å². The van der Waals surface area contributed by atoms with Gasteiger partial charge in [0.15, 0.2) is 14.9 Å². The Hall–Kier alpha value is -1.75. The molecule has 0 saturated carbocycles. The lowest BCUT2D eigenvalue weighted by molar-refractivity contribution is 0.597. The van der Waals surface area contributed by atoms with E-state index < -0.39 is 9.84 Å². The van der Waals surface area contributed by atoms with E-state index in [9.17, 15) is 8.42 Å². The van der Waals surface area contributed by atoms with Crippen molar-refractivity contribution in [3.05, 3.63) is 42.7 Å². The lowest BCUT2D eigenvalue weighted by Crippen LogP contribution is -2.02. The van der Waals surface area contributed by atoms with Crippen LogP contribution in [0.2, 0.25) is 0 Å². The zero-order chi connectivity index (χ0) is 11.6. The molecule has 1 aromatic heterocycles. The predicted molar refractivity (Wildman–Crippen MR) is 60.6 cm³/mol. The van der Waals surface area contributed by atoms with Crippen molar-refractivity contribution >= 4 is 9.84 Å². The lowest BCUT2D eigenvalue weighted by atomic mass is 10.2. The van der Waals surface area contributed by atoms with Gasteiger partial charge in [0.25, 0.3) is 0 Å². The van der Waals surface area contributed by atoms with Crippen molar-refractivity contribution in [2.45, 2.75) is 5.03 Å². The molecule has 1 aromatic carbocycles. The molecular weight excluding hydrogens is 224 g/mol. The molecule has 0 saturated heterocycles. The molecular formula is C11H10N2O2S. The minimum Gasteiger partial charge on any atom is -0.259 e. The van der Waals surface area contributed by atoms with E-state index in [1.54, 1.807) is 6.20 Å². The summed E-state index contributed by atoms with van der Waals surface area (Å²) >= 11 is 0. The molecule has 16 heavy (non-hydrogen) atoms. The third-order valence-corrected chi connectivity index (χ3v) is 3.02. The Morgan fingerprint density at radius 2 is 1.75 bits per heavy atom. The Morgan fingerprint density at radius 1 is 1.06 bits per heavy atom. The van der Waals surface area contributed by atoms with Gasteiger partial charge in [0.2, 0.25) is 0 Å². The van der Waals surface area contributed by atoms with Crippen molar-refractivity contribution in [1.29, 1.82) is 0 Å². The second kappa shape index (κ2) is 4.02. The Kier molecular flexibility index (Phi) is 2.70. The van der Waals surface area contributed by atoms with Crippen LogP contribution in [0, 0.1) is 0 Å². The molecule has 2 rings (SSSR count). The second-order valence-corrected chi connectivity index (χ2v) is 5.34. The van der Waals surface area contributed by atoms with Crippen molar-refractivity contribution in [2.75, 3.05) is 6.26 Å². The van der Waals surface area contributed by atoms with Crippen LogP contribution in [-0.2, 0) is 9.84 Å². The third kappa shape index (κ3) is 2.25. The van der Waals surface area contributed by atoms with Crippen molar-refractivity contribution < 1.29 is 8.42 Å². The Bertz CT molecular complexity index is 594. The summed E-state index contributed by atoms with van der Waals surface area (Å²) in [6, 6.07) is 9.33. The molecule has 0 amide bonds. The number of benzene rings is 1. The molecule has 0 spiro atoms. The second-order valence-electron chi connectivity index (χ2n) is 3.38. The normalized spacial score (nSPS) is 11.3. The van der Waals surface area contributed by atoms with Gasteiger partial charge in [-0.2, -0.15) is 0 Å². The highest BCUT2D eigenvalue weighted by atomic mass is 32.2. The Balaban J connectivity index is 2.53. The number of sulfone groups is 1. The minimum absolute atomic E-state index is 0.00569. The molecule has 0 radical (unpaired) electrons. The first-order valence-electron chi connectivity index (χ1n) is 4.65. The minimum atomic E-state index is -3.31. The molecule has 82 valence electrons. The molecule has 0 N–H and O–H groups in total. The molecule has 2 aromatic rings. The highest BCUT2D eigenvalue weighted by Gasteiger charge is 2.10. The lowest BCUT2D eigenvalue weighted by Gasteiger charge is -2.01. The fourth-order valence-electron chi connectivity index (χ4n) is 1.27. The largest absolute Gasteiger partial charge is 0.259 e. The van der Waals surface area contributed by atoms with Crippen LogP contribution in [0.3, 0.4) is 0 Å². The summed E-state index contributed by atoms with van der Waals surface area (Å²) in [5.41, 5.74) is 1.41. The summed E-state index contributed by atoms with van der Waals surface area (Å²) in [4.78, 5) is 7.95. The topological polar surface area (TPSA) is 59.9 Å².